The van der Waals surface area contributed by atoms with Crippen LogP contribution in [0.5, 0.6) is 0 Å². The summed E-state index contributed by atoms with van der Waals surface area (Å²) < 4.78 is 3.79. The average Bonchev–Trinajstić information content (AvgIpc) is 3.12. The monoisotopic (exact) mass is 426 g/mol. The van der Waals surface area contributed by atoms with E-state index in [4.69, 9.17) is 5.11 Å². The number of benzene rings is 1. The van der Waals surface area contributed by atoms with Crippen LogP contribution in [0.2, 0.25) is 0 Å². The number of carboxylic acids is 1. The van der Waals surface area contributed by atoms with Gasteiger partial charge in [0.25, 0.3) is 5.56 Å². The molecule has 11 heteroatoms. The Morgan fingerprint density at radius 2 is 1.90 bits per heavy atom. The smallest absolute Gasteiger partial charge is 0.332 e. The summed E-state index contributed by atoms with van der Waals surface area (Å²) in [5.74, 6) is -1.05. The highest BCUT2D eigenvalue weighted by Gasteiger charge is 2.18. The first-order chi connectivity index (χ1) is 14.8. The van der Waals surface area contributed by atoms with Crippen molar-refractivity contribution in [2.24, 2.45) is 14.1 Å². The molecule has 0 amide bonds. The number of rotatable bonds is 8. The molecule has 0 fully saturated rings. The quantitative estimate of drug-likeness (QED) is 0.224. The molecule has 3 aromatic rings. The average molecular weight is 426 g/mol. The number of nitrogens with one attached hydrogen (secondary N) is 2. The summed E-state index contributed by atoms with van der Waals surface area (Å²) in [6.45, 7) is 0.240. The third-order valence-corrected chi connectivity index (χ3v) is 4.50. The van der Waals surface area contributed by atoms with Crippen LogP contribution < -0.4 is 22.1 Å². The number of fused-ring (bicyclic) bond motifs is 1. The molecule has 1 atom stereocenters. The van der Waals surface area contributed by atoms with E-state index in [-0.39, 0.29) is 23.7 Å². The summed E-state index contributed by atoms with van der Waals surface area (Å²) in [5, 5.41) is 18.5. The normalized spacial score (nSPS) is 12.7. The fraction of sp³-hybridized carbons (Fsp3) is 0.200. The second-order valence-corrected chi connectivity index (χ2v) is 6.65. The van der Waals surface area contributed by atoms with Gasteiger partial charge < -0.3 is 10.2 Å². The molecule has 2 heterocycles. The summed E-state index contributed by atoms with van der Waals surface area (Å²) in [6, 6.07) is 9.57. The molecular weight excluding hydrogens is 404 g/mol. The number of carboxylic acid groups (broad SMARTS) is 1. The number of nitrogens with zero attached hydrogens (tertiary/aromatic N) is 4. The topological polar surface area (TPSA) is 143 Å². The SMILES string of the molecule is Cn1c(=O)c2c(nc(NN[C@H](O)/C=C\C(=O)O)n2C/C=C/c2ccccc2)n(C)c1=O. The fourth-order valence-corrected chi connectivity index (χ4v) is 2.94. The second kappa shape index (κ2) is 9.24. The third kappa shape index (κ3) is 4.79. The van der Waals surface area contributed by atoms with Crippen molar-refractivity contribution in [1.82, 2.24) is 24.1 Å². The first kappa shape index (κ1) is 21.7. The van der Waals surface area contributed by atoms with Crippen LogP contribution in [0.25, 0.3) is 17.2 Å². The van der Waals surface area contributed by atoms with Crippen LogP contribution in [0.1, 0.15) is 5.56 Å². The molecule has 1 aromatic carbocycles. The highest BCUT2D eigenvalue weighted by atomic mass is 16.4. The maximum Gasteiger partial charge on any atom is 0.332 e. The number of hydrogen-bond donors (Lipinski definition) is 4. The maximum absolute atomic E-state index is 12.8. The van der Waals surface area contributed by atoms with Crippen LogP contribution in [0, 0.1) is 0 Å². The molecule has 11 nitrogen and oxygen atoms in total. The van der Waals surface area contributed by atoms with Crippen molar-refractivity contribution in [2.75, 3.05) is 5.43 Å². The van der Waals surface area contributed by atoms with Crippen LogP contribution in [0.15, 0.2) is 58.1 Å². The van der Waals surface area contributed by atoms with Crippen LogP contribution in [-0.2, 0) is 25.4 Å². The van der Waals surface area contributed by atoms with E-state index >= 15 is 0 Å². The third-order valence-electron chi connectivity index (χ3n) is 4.50. The molecule has 0 saturated carbocycles. The van der Waals surface area contributed by atoms with Gasteiger partial charge in [-0.15, -0.1) is 0 Å². The van der Waals surface area contributed by atoms with E-state index in [1.165, 1.54) is 18.7 Å². The van der Waals surface area contributed by atoms with Gasteiger partial charge in [0.2, 0.25) is 5.95 Å². The van der Waals surface area contributed by atoms with Gasteiger partial charge in [0.05, 0.1) is 0 Å². The second-order valence-electron chi connectivity index (χ2n) is 6.65. The Labute approximate surface area is 176 Å². The Morgan fingerprint density at radius 1 is 1.19 bits per heavy atom. The summed E-state index contributed by atoms with van der Waals surface area (Å²) in [5.41, 5.74) is 5.46. The van der Waals surface area contributed by atoms with Gasteiger partial charge in [-0.1, -0.05) is 42.5 Å². The number of aliphatic carboxylic acids is 1. The van der Waals surface area contributed by atoms with E-state index < -0.39 is 23.4 Å². The molecule has 31 heavy (non-hydrogen) atoms. The number of hydrogen-bond acceptors (Lipinski definition) is 7. The van der Waals surface area contributed by atoms with E-state index in [0.717, 1.165) is 22.3 Å². The van der Waals surface area contributed by atoms with Crippen molar-refractivity contribution in [1.29, 1.82) is 0 Å². The number of aliphatic hydroxyl groups excluding tert-OH is 1. The van der Waals surface area contributed by atoms with Gasteiger partial charge in [0.15, 0.2) is 11.2 Å². The number of imidazole rings is 1. The van der Waals surface area contributed by atoms with Crippen molar-refractivity contribution >= 4 is 29.2 Å². The minimum absolute atomic E-state index is 0.161. The van der Waals surface area contributed by atoms with E-state index in [1.807, 2.05) is 42.5 Å². The summed E-state index contributed by atoms with van der Waals surface area (Å²) in [6.07, 6.45) is 4.17. The van der Waals surface area contributed by atoms with E-state index in [9.17, 15) is 19.5 Å². The standard InChI is InChI=1S/C20H22N6O5/c1-24-17-16(18(30)25(2)20(24)31)26(12-6-9-13-7-4-3-5-8-13)19(21-17)23-22-14(27)10-11-15(28)29/h3-11,14,22,27H,12H2,1-2H3,(H,21,23)(H,28,29)/b9-6+,11-10-/t14-/m1/s1. The van der Waals surface area contributed by atoms with Gasteiger partial charge in [0, 0.05) is 26.7 Å². The molecule has 3 rings (SSSR count). The summed E-state index contributed by atoms with van der Waals surface area (Å²) >= 11 is 0. The lowest BCUT2D eigenvalue weighted by Crippen LogP contribution is -2.37. The Balaban J connectivity index is 2.00. The molecule has 0 saturated heterocycles. The van der Waals surface area contributed by atoms with E-state index in [2.05, 4.69) is 15.8 Å². The first-order valence-corrected chi connectivity index (χ1v) is 9.28. The number of carbonyl (C=O) groups is 1. The number of hydrazine groups is 1. The molecule has 162 valence electrons. The zero-order chi connectivity index (χ0) is 22.5. The Kier molecular flexibility index (Phi) is 6.48. The van der Waals surface area contributed by atoms with Crippen molar-refractivity contribution in [3.05, 3.63) is 75.0 Å². The zero-order valence-electron chi connectivity index (χ0n) is 16.9. The lowest BCUT2D eigenvalue weighted by Gasteiger charge is -2.12. The molecule has 2 aromatic heterocycles. The lowest BCUT2D eigenvalue weighted by atomic mass is 10.2. The van der Waals surface area contributed by atoms with Gasteiger partial charge in [-0.2, -0.15) is 4.98 Å². The first-order valence-electron chi connectivity index (χ1n) is 9.28. The largest absolute Gasteiger partial charge is 0.478 e. The number of allylic oxidation sites excluding steroid dienone is 1. The molecule has 0 unspecified atom stereocenters. The minimum Gasteiger partial charge on any atom is -0.478 e. The molecule has 0 bridgehead atoms. The number of aryl methyl sites for hydroxylation is 1. The van der Waals surface area contributed by atoms with Crippen molar-refractivity contribution in [3.8, 4) is 0 Å². The molecule has 0 aliphatic rings. The van der Waals surface area contributed by atoms with Crippen molar-refractivity contribution in [3.63, 3.8) is 0 Å². The molecule has 4 N–H and O–H groups in total. The lowest BCUT2D eigenvalue weighted by molar-refractivity contribution is -0.131. The van der Waals surface area contributed by atoms with E-state index in [1.54, 1.807) is 4.57 Å². The maximum atomic E-state index is 12.8. The minimum atomic E-state index is -1.34. The van der Waals surface area contributed by atoms with Crippen LogP contribution in [0.4, 0.5) is 5.95 Å². The predicted molar refractivity (Wildman–Crippen MR) is 115 cm³/mol. The zero-order valence-corrected chi connectivity index (χ0v) is 16.9. The van der Waals surface area contributed by atoms with E-state index in [0.29, 0.717) is 0 Å². The van der Waals surface area contributed by atoms with Crippen molar-refractivity contribution in [2.45, 2.75) is 12.8 Å². The van der Waals surface area contributed by atoms with Gasteiger partial charge >= 0.3 is 11.7 Å². The molecule has 0 aliphatic carbocycles. The van der Waals surface area contributed by atoms with Crippen LogP contribution in [-0.4, -0.2) is 41.1 Å². The number of aromatic nitrogens is 4. The molecular formula is C20H22N6O5. The summed E-state index contributed by atoms with van der Waals surface area (Å²) in [7, 11) is 2.88. The van der Waals surface area contributed by atoms with Crippen LogP contribution >= 0.6 is 0 Å². The van der Waals surface area contributed by atoms with Gasteiger partial charge in [-0.3, -0.25) is 23.9 Å². The molecule has 0 spiro atoms. The fourth-order valence-electron chi connectivity index (χ4n) is 2.94. The highest BCUT2D eigenvalue weighted by molar-refractivity contribution is 5.79. The highest BCUT2D eigenvalue weighted by Crippen LogP contribution is 2.15. The van der Waals surface area contributed by atoms with Crippen molar-refractivity contribution < 1.29 is 15.0 Å². The number of anilines is 1. The number of aliphatic hydroxyl groups is 1. The Hall–Kier alpha value is -3.96. The Bertz CT molecular complexity index is 1270. The van der Waals surface area contributed by atoms with Crippen LogP contribution in [0.3, 0.4) is 0 Å². The summed E-state index contributed by atoms with van der Waals surface area (Å²) in [4.78, 5) is 39.9. The predicted octanol–water partition coefficient (Wildman–Crippen LogP) is 0.0228. The Morgan fingerprint density at radius 3 is 2.58 bits per heavy atom. The van der Waals surface area contributed by atoms with Gasteiger partial charge in [-0.05, 0) is 11.6 Å². The molecule has 0 radical (unpaired) electrons. The van der Waals surface area contributed by atoms with Gasteiger partial charge in [-0.25, -0.2) is 15.0 Å². The molecule has 0 aliphatic heterocycles. The van der Waals surface area contributed by atoms with Gasteiger partial charge in [0.1, 0.15) is 6.23 Å².